The van der Waals surface area contributed by atoms with E-state index in [0.717, 1.165) is 0 Å². The van der Waals surface area contributed by atoms with Crippen molar-refractivity contribution in [3.05, 3.63) is 18.3 Å². The van der Waals surface area contributed by atoms with Crippen LogP contribution in [0.2, 0.25) is 0 Å². The molecule has 0 unspecified atom stereocenters. The molecule has 1 heterocycles. The molecule has 5 N–H and O–H groups in total. The van der Waals surface area contributed by atoms with Gasteiger partial charge in [-0.2, -0.15) is 0 Å². The maximum Gasteiger partial charge on any atom is 0.244 e. The van der Waals surface area contributed by atoms with E-state index in [4.69, 9.17) is 10.9 Å². The molecule has 0 aliphatic carbocycles. The molecule has 0 saturated heterocycles. The van der Waals surface area contributed by atoms with Gasteiger partial charge in [-0.05, 0) is 18.6 Å². The second kappa shape index (κ2) is 5.61. The Balaban J connectivity index is 2.65. The van der Waals surface area contributed by atoms with Crippen molar-refractivity contribution in [1.29, 1.82) is 0 Å². The van der Waals surface area contributed by atoms with Crippen molar-refractivity contribution in [3.8, 4) is 0 Å². The Morgan fingerprint density at radius 1 is 1.28 bits per heavy atom. The summed E-state index contributed by atoms with van der Waals surface area (Å²) in [5.74, 6) is -0.408. The van der Waals surface area contributed by atoms with Gasteiger partial charge in [0.2, 0.25) is 20.0 Å². The van der Waals surface area contributed by atoms with Crippen LogP contribution in [0.15, 0.2) is 23.2 Å². The van der Waals surface area contributed by atoms with Gasteiger partial charge < -0.3 is 5.73 Å². The smallest absolute Gasteiger partial charge is 0.244 e. The number of aromatic nitrogens is 1. The third kappa shape index (κ3) is 4.56. The number of nitrogen functional groups attached to an aromatic ring is 1. The van der Waals surface area contributed by atoms with Crippen LogP contribution in [0.3, 0.4) is 0 Å². The van der Waals surface area contributed by atoms with Crippen molar-refractivity contribution in [1.82, 2.24) is 9.71 Å². The normalized spacial score (nSPS) is 12.5. The Labute approximate surface area is 105 Å². The summed E-state index contributed by atoms with van der Waals surface area (Å²) in [4.78, 5) is 3.52. The summed E-state index contributed by atoms with van der Waals surface area (Å²) >= 11 is 0. The van der Waals surface area contributed by atoms with Gasteiger partial charge in [-0.3, -0.25) is 0 Å². The first-order valence-electron chi connectivity index (χ1n) is 4.93. The third-order valence-corrected chi connectivity index (χ3v) is 4.35. The highest BCUT2D eigenvalue weighted by Gasteiger charge is 2.17. The molecule has 0 aliphatic rings. The van der Waals surface area contributed by atoms with Crippen LogP contribution < -0.4 is 15.6 Å². The molecule has 1 aromatic rings. The van der Waals surface area contributed by atoms with Gasteiger partial charge in [0.05, 0.1) is 5.75 Å². The van der Waals surface area contributed by atoms with E-state index in [2.05, 4.69) is 9.71 Å². The highest BCUT2D eigenvalue weighted by atomic mass is 32.2. The highest BCUT2D eigenvalue weighted by molar-refractivity contribution is 7.89. The average Bonchev–Trinajstić information content (AvgIpc) is 2.24. The highest BCUT2D eigenvalue weighted by Crippen LogP contribution is 2.13. The predicted octanol–water partition coefficient (Wildman–Crippen LogP) is -1.38. The van der Waals surface area contributed by atoms with E-state index in [1.807, 2.05) is 0 Å². The number of primary sulfonamides is 1. The largest absolute Gasteiger partial charge is 0.383 e. The van der Waals surface area contributed by atoms with Gasteiger partial charge in [0.25, 0.3) is 0 Å². The summed E-state index contributed by atoms with van der Waals surface area (Å²) in [6, 6.07) is 2.75. The summed E-state index contributed by atoms with van der Waals surface area (Å²) in [6.45, 7) is -0.0485. The Hall–Kier alpha value is -1.23. The monoisotopic (exact) mass is 294 g/mol. The summed E-state index contributed by atoms with van der Waals surface area (Å²) in [7, 11) is -7.37. The SMILES string of the molecule is Nc1ncccc1S(=O)(=O)NCCCS(N)(=O)=O. The molecule has 102 valence electrons. The fourth-order valence-corrected chi connectivity index (χ4v) is 2.89. The van der Waals surface area contributed by atoms with Gasteiger partial charge in [-0.1, -0.05) is 0 Å². The maximum absolute atomic E-state index is 11.8. The predicted molar refractivity (Wildman–Crippen MR) is 66.4 cm³/mol. The minimum Gasteiger partial charge on any atom is -0.383 e. The molecular weight excluding hydrogens is 280 g/mol. The first kappa shape index (κ1) is 14.8. The number of hydrogen-bond acceptors (Lipinski definition) is 6. The van der Waals surface area contributed by atoms with Gasteiger partial charge >= 0.3 is 0 Å². The first-order chi connectivity index (χ1) is 8.22. The van der Waals surface area contributed by atoms with Crippen LogP contribution in [-0.2, 0) is 20.0 Å². The maximum atomic E-state index is 11.8. The Kier molecular flexibility index (Phi) is 4.62. The van der Waals surface area contributed by atoms with Crippen LogP contribution in [-0.4, -0.2) is 34.1 Å². The van der Waals surface area contributed by atoms with Crippen molar-refractivity contribution in [2.24, 2.45) is 5.14 Å². The standard InChI is InChI=1S/C8H14N4O4S2/c9-8-7(3-1-4-11-8)18(15,16)12-5-2-6-17(10,13)14/h1,3-4,12H,2,5-6H2,(H2,9,11)(H2,10,13,14). The molecule has 1 aromatic heterocycles. The van der Waals surface area contributed by atoms with Crippen molar-refractivity contribution in [2.75, 3.05) is 18.0 Å². The molecule has 0 bridgehead atoms. The molecule has 1 rings (SSSR count). The molecular formula is C8H14N4O4S2. The van der Waals surface area contributed by atoms with Gasteiger partial charge in [0, 0.05) is 12.7 Å². The van der Waals surface area contributed by atoms with Crippen LogP contribution in [0.1, 0.15) is 6.42 Å². The van der Waals surface area contributed by atoms with Crippen LogP contribution in [0, 0.1) is 0 Å². The molecule has 0 atom stereocenters. The quantitative estimate of drug-likeness (QED) is 0.551. The van der Waals surface area contributed by atoms with E-state index in [1.54, 1.807) is 0 Å². The van der Waals surface area contributed by atoms with Gasteiger partial charge in [-0.25, -0.2) is 31.7 Å². The lowest BCUT2D eigenvalue weighted by Crippen LogP contribution is -2.28. The fourth-order valence-electron chi connectivity index (χ4n) is 1.19. The minimum atomic E-state index is -3.78. The topological polar surface area (TPSA) is 145 Å². The number of nitrogens with two attached hydrogens (primary N) is 2. The van der Waals surface area contributed by atoms with E-state index in [9.17, 15) is 16.8 Å². The summed E-state index contributed by atoms with van der Waals surface area (Å²) in [5, 5.41) is 4.79. The van der Waals surface area contributed by atoms with Crippen molar-refractivity contribution < 1.29 is 16.8 Å². The van der Waals surface area contributed by atoms with E-state index in [1.165, 1.54) is 18.3 Å². The summed E-state index contributed by atoms with van der Waals surface area (Å²) < 4.78 is 47.1. The zero-order valence-corrected chi connectivity index (χ0v) is 11.0. The Morgan fingerprint density at radius 3 is 2.50 bits per heavy atom. The number of rotatable bonds is 6. The molecule has 18 heavy (non-hydrogen) atoms. The number of pyridine rings is 1. The lowest BCUT2D eigenvalue weighted by Gasteiger charge is -2.07. The second-order valence-corrected chi connectivity index (χ2v) is 6.97. The molecule has 0 aliphatic heterocycles. The van der Waals surface area contributed by atoms with Crippen LogP contribution in [0.5, 0.6) is 0 Å². The van der Waals surface area contributed by atoms with Gasteiger partial charge in [0.15, 0.2) is 0 Å². The summed E-state index contributed by atoms with van der Waals surface area (Å²) in [5.41, 5.74) is 5.43. The second-order valence-electron chi connectivity index (χ2n) is 3.51. The Morgan fingerprint density at radius 2 is 1.94 bits per heavy atom. The molecule has 0 fully saturated rings. The molecule has 0 spiro atoms. The van der Waals surface area contributed by atoms with Crippen LogP contribution in [0.25, 0.3) is 0 Å². The number of sulfonamides is 2. The van der Waals surface area contributed by atoms with E-state index in [-0.39, 0.29) is 29.4 Å². The van der Waals surface area contributed by atoms with Gasteiger partial charge in [0.1, 0.15) is 10.7 Å². The van der Waals surface area contributed by atoms with Crippen molar-refractivity contribution in [3.63, 3.8) is 0 Å². The molecule has 0 saturated carbocycles. The number of hydrogen-bond donors (Lipinski definition) is 3. The molecule has 8 nitrogen and oxygen atoms in total. The molecule has 0 radical (unpaired) electrons. The summed E-state index contributed by atoms with van der Waals surface area (Å²) in [6.07, 6.45) is 1.45. The van der Waals surface area contributed by atoms with Gasteiger partial charge in [-0.15, -0.1) is 0 Å². The van der Waals surface area contributed by atoms with Crippen molar-refractivity contribution >= 4 is 25.9 Å². The lowest BCUT2D eigenvalue weighted by molar-refractivity contribution is 0.576. The fraction of sp³-hybridized carbons (Fsp3) is 0.375. The minimum absolute atomic E-state index is 0.0485. The average molecular weight is 294 g/mol. The molecule has 0 amide bonds. The lowest BCUT2D eigenvalue weighted by atomic mass is 10.5. The van der Waals surface area contributed by atoms with E-state index in [0.29, 0.717) is 0 Å². The number of anilines is 1. The van der Waals surface area contributed by atoms with Crippen molar-refractivity contribution in [2.45, 2.75) is 11.3 Å². The number of nitrogens with zero attached hydrogens (tertiary/aromatic N) is 1. The van der Waals surface area contributed by atoms with Crippen LogP contribution in [0.4, 0.5) is 5.82 Å². The van der Waals surface area contributed by atoms with Crippen LogP contribution >= 0.6 is 0 Å². The third-order valence-electron chi connectivity index (χ3n) is 1.99. The van der Waals surface area contributed by atoms with E-state index < -0.39 is 20.0 Å². The first-order valence-corrected chi connectivity index (χ1v) is 8.13. The molecule has 0 aromatic carbocycles. The number of nitrogens with one attached hydrogen (secondary N) is 1. The Bertz CT molecular complexity index is 612. The van der Waals surface area contributed by atoms with E-state index >= 15 is 0 Å². The zero-order chi connectivity index (χ0) is 13.8. The zero-order valence-electron chi connectivity index (χ0n) is 9.40. The molecule has 10 heteroatoms.